The fraction of sp³-hybridized carbons (Fsp3) is 0.167. The number of nitrogens with one attached hydrogen (secondary N) is 2. The highest BCUT2D eigenvalue weighted by Crippen LogP contribution is 2.18. The molecule has 0 saturated carbocycles. The average molecular weight is 348 g/mol. The van der Waals surface area contributed by atoms with Gasteiger partial charge in [-0.05, 0) is 24.1 Å². The van der Waals surface area contributed by atoms with Crippen LogP contribution in [0.3, 0.4) is 0 Å². The molecule has 7 heteroatoms. The summed E-state index contributed by atoms with van der Waals surface area (Å²) in [6, 6.07) is 7.38. The predicted molar refractivity (Wildman–Crippen MR) is 87.8 cm³/mol. The Morgan fingerprint density at radius 2 is 1.76 bits per heavy atom. The summed E-state index contributed by atoms with van der Waals surface area (Å²) in [5.74, 6) is -0.626. The first-order chi connectivity index (χ1) is 12.0. The highest BCUT2D eigenvalue weighted by atomic mass is 19.2. The highest BCUT2D eigenvalue weighted by Gasteiger charge is 2.12. The number of halogens is 3. The summed E-state index contributed by atoms with van der Waals surface area (Å²) in [6.45, 7) is 0.448. The molecule has 25 heavy (non-hydrogen) atoms. The van der Waals surface area contributed by atoms with E-state index in [-0.39, 0.29) is 13.2 Å². The molecule has 0 heterocycles. The van der Waals surface area contributed by atoms with Crippen LogP contribution in [0.5, 0.6) is 5.75 Å². The number of urea groups is 1. The Morgan fingerprint density at radius 1 is 1.08 bits per heavy atom. The lowest BCUT2D eigenvalue weighted by molar-refractivity contribution is 0.252. The van der Waals surface area contributed by atoms with Gasteiger partial charge in [-0.3, -0.25) is 0 Å². The summed E-state index contributed by atoms with van der Waals surface area (Å²) in [4.78, 5) is 11.7. The van der Waals surface area contributed by atoms with Crippen molar-refractivity contribution < 1.29 is 22.7 Å². The van der Waals surface area contributed by atoms with Gasteiger partial charge in [0.25, 0.3) is 0 Å². The van der Waals surface area contributed by atoms with E-state index in [4.69, 9.17) is 11.2 Å². The maximum atomic E-state index is 13.4. The van der Waals surface area contributed by atoms with Gasteiger partial charge in [0.15, 0.2) is 11.6 Å². The maximum absolute atomic E-state index is 13.4. The first-order valence-electron chi connectivity index (χ1n) is 7.34. The van der Waals surface area contributed by atoms with Crippen LogP contribution >= 0.6 is 0 Å². The van der Waals surface area contributed by atoms with Crippen LogP contribution in [0.15, 0.2) is 36.4 Å². The Bertz CT molecular complexity index is 786. The van der Waals surface area contributed by atoms with Crippen molar-refractivity contribution in [3.8, 4) is 18.1 Å². The van der Waals surface area contributed by atoms with E-state index in [0.717, 1.165) is 5.56 Å². The molecule has 2 rings (SSSR count). The van der Waals surface area contributed by atoms with Crippen molar-refractivity contribution in [3.63, 3.8) is 0 Å². The summed E-state index contributed by atoms with van der Waals surface area (Å²) in [6.07, 6.45) is 5.61. The number of hydrogen-bond donors (Lipinski definition) is 2. The molecule has 0 saturated heterocycles. The van der Waals surface area contributed by atoms with Gasteiger partial charge in [0, 0.05) is 18.7 Å². The minimum absolute atomic E-state index is 0.182. The van der Waals surface area contributed by atoms with Crippen LogP contribution in [0.25, 0.3) is 0 Å². The van der Waals surface area contributed by atoms with Crippen molar-refractivity contribution in [3.05, 3.63) is 59.4 Å². The Kier molecular flexibility index (Phi) is 6.29. The van der Waals surface area contributed by atoms with Gasteiger partial charge in [0.05, 0.1) is 5.69 Å². The molecule has 2 aromatic rings. The molecule has 0 bridgehead atoms. The van der Waals surface area contributed by atoms with E-state index in [0.29, 0.717) is 24.3 Å². The molecule has 0 spiro atoms. The van der Waals surface area contributed by atoms with Gasteiger partial charge in [0.2, 0.25) is 0 Å². The lowest BCUT2D eigenvalue weighted by Gasteiger charge is -2.09. The molecule has 0 aliphatic heterocycles. The fourth-order valence-electron chi connectivity index (χ4n) is 1.98. The topological polar surface area (TPSA) is 50.4 Å². The van der Waals surface area contributed by atoms with Crippen LogP contribution in [-0.4, -0.2) is 19.2 Å². The molecule has 130 valence electrons. The number of amides is 2. The first-order valence-corrected chi connectivity index (χ1v) is 7.34. The van der Waals surface area contributed by atoms with Crippen molar-refractivity contribution in [2.45, 2.75) is 6.42 Å². The smallest absolute Gasteiger partial charge is 0.319 e. The third-order valence-electron chi connectivity index (χ3n) is 3.20. The van der Waals surface area contributed by atoms with Crippen LogP contribution < -0.4 is 15.4 Å². The van der Waals surface area contributed by atoms with E-state index in [1.54, 1.807) is 12.1 Å². The van der Waals surface area contributed by atoms with Crippen molar-refractivity contribution >= 4 is 11.7 Å². The third-order valence-corrected chi connectivity index (χ3v) is 3.20. The van der Waals surface area contributed by atoms with E-state index >= 15 is 0 Å². The van der Waals surface area contributed by atoms with Crippen molar-refractivity contribution in [2.75, 3.05) is 18.5 Å². The molecule has 0 radical (unpaired) electrons. The largest absolute Gasteiger partial charge is 0.481 e. The van der Waals surface area contributed by atoms with Gasteiger partial charge < -0.3 is 15.4 Å². The summed E-state index contributed by atoms with van der Waals surface area (Å²) < 4.78 is 44.6. The van der Waals surface area contributed by atoms with Crippen LogP contribution in [-0.2, 0) is 6.42 Å². The Labute approximate surface area is 143 Å². The van der Waals surface area contributed by atoms with E-state index < -0.39 is 29.2 Å². The van der Waals surface area contributed by atoms with E-state index in [9.17, 15) is 18.0 Å². The Morgan fingerprint density at radius 3 is 2.44 bits per heavy atom. The van der Waals surface area contributed by atoms with Crippen LogP contribution in [0.4, 0.5) is 23.7 Å². The predicted octanol–water partition coefficient (Wildman–Crippen LogP) is 3.48. The number of hydrogen-bond acceptors (Lipinski definition) is 2. The molecular weight excluding hydrogens is 333 g/mol. The minimum atomic E-state index is -1.32. The van der Waals surface area contributed by atoms with Crippen LogP contribution in [0, 0.1) is 29.8 Å². The molecule has 0 aromatic heterocycles. The summed E-state index contributed by atoms with van der Waals surface area (Å²) >= 11 is 0. The first kappa shape index (κ1) is 18.2. The summed E-state index contributed by atoms with van der Waals surface area (Å²) in [7, 11) is 0. The Hall–Kier alpha value is -3.14. The second kappa shape index (κ2) is 8.64. The lowest BCUT2D eigenvalue weighted by Crippen LogP contribution is -2.30. The van der Waals surface area contributed by atoms with Gasteiger partial charge in [-0.25, -0.2) is 18.0 Å². The molecule has 0 aliphatic carbocycles. The molecule has 0 atom stereocenters. The molecular formula is C18H15F3N2O2. The molecule has 0 unspecified atom stereocenters. The number of benzene rings is 2. The third kappa shape index (κ3) is 5.46. The number of rotatable bonds is 6. The van der Waals surface area contributed by atoms with E-state index in [1.165, 1.54) is 0 Å². The standard InChI is InChI=1S/C18H15F3N2O2/c1-2-9-25-13-5-3-12(4-6-13)7-8-22-18(24)23-17-11-15(20)14(19)10-16(17)21/h1,3-6,10-11H,7-9H2,(H2,22,23,24). The molecule has 0 fully saturated rings. The molecule has 2 amide bonds. The second-order valence-electron chi connectivity index (χ2n) is 5.01. The van der Waals surface area contributed by atoms with Gasteiger partial charge >= 0.3 is 6.03 Å². The van der Waals surface area contributed by atoms with Crippen molar-refractivity contribution in [1.29, 1.82) is 0 Å². The SMILES string of the molecule is C#CCOc1ccc(CCNC(=O)Nc2cc(F)c(F)cc2F)cc1. The molecule has 2 N–H and O–H groups in total. The van der Waals surface area contributed by atoms with Gasteiger partial charge in [-0.1, -0.05) is 18.1 Å². The monoisotopic (exact) mass is 348 g/mol. The lowest BCUT2D eigenvalue weighted by atomic mass is 10.1. The van der Waals surface area contributed by atoms with Gasteiger partial charge in [0.1, 0.15) is 18.2 Å². The highest BCUT2D eigenvalue weighted by molar-refractivity contribution is 5.89. The van der Waals surface area contributed by atoms with Crippen LogP contribution in [0.2, 0.25) is 0 Å². The zero-order valence-electron chi connectivity index (χ0n) is 13.1. The minimum Gasteiger partial charge on any atom is -0.481 e. The zero-order valence-corrected chi connectivity index (χ0v) is 13.1. The Balaban J connectivity index is 1.81. The molecule has 0 aliphatic rings. The van der Waals surface area contributed by atoms with Crippen LogP contribution in [0.1, 0.15) is 5.56 Å². The van der Waals surface area contributed by atoms with Crippen molar-refractivity contribution in [1.82, 2.24) is 5.32 Å². The average Bonchev–Trinajstić information content (AvgIpc) is 2.59. The van der Waals surface area contributed by atoms with Crippen molar-refractivity contribution in [2.24, 2.45) is 0 Å². The fourth-order valence-corrected chi connectivity index (χ4v) is 1.98. The maximum Gasteiger partial charge on any atom is 0.319 e. The summed E-state index contributed by atoms with van der Waals surface area (Å²) in [5.41, 5.74) is 0.499. The number of ether oxygens (including phenoxy) is 1. The number of anilines is 1. The van der Waals surface area contributed by atoms with Gasteiger partial charge in [-0.2, -0.15) is 0 Å². The summed E-state index contributed by atoms with van der Waals surface area (Å²) in [5, 5.41) is 4.63. The number of terminal acetylenes is 1. The second-order valence-corrected chi connectivity index (χ2v) is 5.01. The van der Waals surface area contributed by atoms with E-state index in [2.05, 4.69) is 16.6 Å². The number of carbonyl (C=O) groups excluding carboxylic acids is 1. The molecule has 2 aromatic carbocycles. The molecule has 4 nitrogen and oxygen atoms in total. The number of carbonyl (C=O) groups is 1. The quantitative estimate of drug-likeness (QED) is 0.620. The normalized spacial score (nSPS) is 10.0. The van der Waals surface area contributed by atoms with Gasteiger partial charge in [-0.15, -0.1) is 6.42 Å². The zero-order chi connectivity index (χ0) is 18.2. The van der Waals surface area contributed by atoms with E-state index in [1.807, 2.05) is 12.1 Å².